The van der Waals surface area contributed by atoms with E-state index in [4.69, 9.17) is 18.9 Å². The lowest BCUT2D eigenvalue weighted by Gasteiger charge is -2.27. The molecule has 2 unspecified atom stereocenters. The molecule has 0 fully saturated rings. The summed E-state index contributed by atoms with van der Waals surface area (Å²) in [7, 11) is 0. The first-order valence-corrected chi connectivity index (χ1v) is 44.0. The Morgan fingerprint density at radius 2 is 0.415 bits per heavy atom. The average Bonchev–Trinajstić information content (AvgIpc) is 0.654. The molecule has 2 aromatic heterocycles. The smallest absolute Gasteiger partial charge is 0.261 e. The Hall–Kier alpha value is -6.68. The van der Waals surface area contributed by atoms with Crippen LogP contribution in [0.15, 0.2) is 67.7 Å². The van der Waals surface area contributed by atoms with Crippen LogP contribution in [-0.4, -0.2) is 35.6 Å². The normalized spacial score (nSPS) is 13.0. The molecule has 0 N–H and O–H groups in total. The monoisotopic (exact) mass is 1440 g/mol. The van der Waals surface area contributed by atoms with Crippen LogP contribution in [0.5, 0.6) is 23.0 Å². The summed E-state index contributed by atoms with van der Waals surface area (Å²) in [6.45, 7) is 20.8. The molecule has 0 aliphatic rings. The summed E-state index contributed by atoms with van der Waals surface area (Å²) in [5.74, 6) is 2.96. The maximum absolute atomic E-state index is 16.4. The van der Waals surface area contributed by atoms with Gasteiger partial charge in [-0.3, -0.25) is 28.3 Å². The fourth-order valence-corrected chi connectivity index (χ4v) is 18.3. The first-order chi connectivity index (χ1) is 52.1. The predicted molar refractivity (Wildman–Crippen MR) is 456 cm³/mol. The van der Waals surface area contributed by atoms with Gasteiger partial charge in [-0.05, 0) is 176 Å². The van der Waals surface area contributed by atoms with Crippen molar-refractivity contribution in [3.63, 3.8) is 0 Å². The maximum atomic E-state index is 16.4. The Balaban J connectivity index is 1.22. The number of rotatable bonds is 56. The molecule has 106 heavy (non-hydrogen) atoms. The topological polar surface area (TPSA) is 115 Å². The van der Waals surface area contributed by atoms with Crippen LogP contribution >= 0.6 is 0 Å². The van der Waals surface area contributed by atoms with Gasteiger partial charge in [0.05, 0.1) is 26.4 Å². The van der Waals surface area contributed by atoms with E-state index in [2.05, 4.69) is 104 Å². The third-order valence-corrected chi connectivity index (χ3v) is 24.3. The molecule has 10 nitrogen and oxygen atoms in total. The summed E-state index contributed by atoms with van der Waals surface area (Å²) in [4.78, 5) is 65.5. The molecule has 11 rings (SSSR count). The van der Waals surface area contributed by atoms with Gasteiger partial charge in [-0.25, -0.2) is 0 Å². The molecule has 0 aliphatic carbocycles. The highest BCUT2D eigenvalue weighted by Gasteiger charge is 2.33. The molecule has 0 spiro atoms. The number of unbranched alkanes of at least 4 members (excludes halogenated alkanes) is 32. The van der Waals surface area contributed by atoms with Crippen LogP contribution in [0.1, 0.15) is 338 Å². The van der Waals surface area contributed by atoms with Gasteiger partial charge in [-0.2, -0.15) is 0 Å². The second kappa shape index (κ2) is 40.7. The van der Waals surface area contributed by atoms with E-state index >= 15 is 19.2 Å². The lowest BCUT2D eigenvalue weighted by molar-refractivity contribution is 0.260. The summed E-state index contributed by atoms with van der Waals surface area (Å²) in [5.41, 5.74) is -0.956. The standard InChI is InChI=1S/C96H134N2O8/c1-9-17-25-29-33-35-39-43-51-67(49-41-37-31-27-19-11-3)65-97-93(99)77-57-73-69-61-81(103-53-45-21-13-5)83(105-55-47-23-15-7)63-71(69)75-59-79-86-80(96(102)98(95(79)101)66-68(50-42-38-32-28-20-12-4)52-44-40-36-34-30-26-18-10-2)60-76-72-64-84(106-56-48-24-16-8)82(104-54-46-22-14-6)62-70(72)74-58-78(94(97)100)85(77)91-87(73)89(75)92(86)90(76)88(74)91/h57-64,67-68H,9-56,65-66H2,1-8H3. The van der Waals surface area contributed by atoms with Crippen LogP contribution in [0.4, 0.5) is 0 Å². The van der Waals surface area contributed by atoms with Crippen molar-refractivity contribution in [2.24, 2.45) is 11.8 Å². The van der Waals surface area contributed by atoms with Crippen molar-refractivity contribution in [3.8, 4) is 23.0 Å². The van der Waals surface area contributed by atoms with Crippen LogP contribution in [0.25, 0.3) is 108 Å². The van der Waals surface area contributed by atoms with Crippen LogP contribution in [0.2, 0.25) is 0 Å². The molecule has 576 valence electrons. The van der Waals surface area contributed by atoms with E-state index < -0.39 is 0 Å². The highest BCUT2D eigenvalue weighted by Crippen LogP contribution is 2.57. The van der Waals surface area contributed by atoms with E-state index in [0.29, 0.717) is 94.8 Å². The minimum Gasteiger partial charge on any atom is -0.490 e. The van der Waals surface area contributed by atoms with Crippen molar-refractivity contribution >= 4 is 108 Å². The Bertz CT molecular complexity index is 4210. The van der Waals surface area contributed by atoms with Gasteiger partial charge in [0.2, 0.25) is 0 Å². The molecule has 0 radical (unpaired) electrons. The largest absolute Gasteiger partial charge is 0.490 e. The number of ether oxygens (including phenoxy) is 4. The van der Waals surface area contributed by atoms with E-state index in [1.54, 1.807) is 9.13 Å². The minimum absolute atomic E-state index is 0.164. The van der Waals surface area contributed by atoms with Crippen LogP contribution in [0, 0.1) is 11.8 Å². The molecular formula is C96H134N2O8. The minimum atomic E-state index is -0.239. The molecule has 0 saturated heterocycles. The molecule has 0 bridgehead atoms. The maximum Gasteiger partial charge on any atom is 0.261 e. The first-order valence-electron chi connectivity index (χ1n) is 44.0. The van der Waals surface area contributed by atoms with E-state index in [-0.39, 0.29) is 34.1 Å². The molecule has 0 amide bonds. The third-order valence-electron chi connectivity index (χ3n) is 24.3. The summed E-state index contributed by atoms with van der Waals surface area (Å²) in [6.07, 6.45) is 49.7. The Morgan fingerprint density at radius 3 is 0.632 bits per heavy atom. The summed E-state index contributed by atoms with van der Waals surface area (Å²) in [5, 5.41) is 16.1. The molecular weight excluding hydrogens is 1310 g/mol. The van der Waals surface area contributed by atoms with E-state index in [0.717, 1.165) is 230 Å². The third kappa shape index (κ3) is 18.4. The van der Waals surface area contributed by atoms with Gasteiger partial charge in [-0.15, -0.1) is 0 Å². The van der Waals surface area contributed by atoms with Crippen LogP contribution in [0.3, 0.4) is 0 Å². The fourth-order valence-electron chi connectivity index (χ4n) is 18.3. The van der Waals surface area contributed by atoms with Gasteiger partial charge in [0.1, 0.15) is 0 Å². The zero-order valence-electron chi connectivity index (χ0n) is 67.3. The van der Waals surface area contributed by atoms with Gasteiger partial charge in [0.25, 0.3) is 22.2 Å². The van der Waals surface area contributed by atoms with Gasteiger partial charge >= 0.3 is 0 Å². The average molecular weight is 1440 g/mol. The lowest BCUT2D eigenvalue weighted by Crippen LogP contribution is -2.36. The highest BCUT2D eigenvalue weighted by molar-refractivity contribution is 6.54. The molecule has 0 saturated carbocycles. The van der Waals surface area contributed by atoms with E-state index in [1.165, 1.54) is 128 Å². The zero-order chi connectivity index (χ0) is 74.3. The number of benzene rings is 9. The van der Waals surface area contributed by atoms with Crippen molar-refractivity contribution in [1.82, 2.24) is 9.13 Å². The number of hydrogen-bond acceptors (Lipinski definition) is 8. The van der Waals surface area contributed by atoms with Gasteiger partial charge < -0.3 is 18.9 Å². The SMILES string of the molecule is CCCCCCCCCCC(CCCCCCCC)Cn1c(=O)c2cc3c4cc(OCCCCC)c(OCCCCC)cc4c4cc5c(=O)n(CC(CCCCCCCC)CCCCCCCCCC)c(=O)c6cc7c8cc(OCCCCC)c(OCCCCC)cc8c8cc(c1=O)c2c1c3c4c(c56)c7c81. The number of aromatic nitrogens is 2. The molecule has 10 heteroatoms. The molecule has 0 aliphatic heterocycles. The second-order valence-electron chi connectivity index (χ2n) is 32.6. The zero-order valence-corrected chi connectivity index (χ0v) is 67.3. The molecule has 11 aromatic rings. The Kier molecular flexibility index (Phi) is 30.8. The van der Waals surface area contributed by atoms with Crippen LogP contribution in [-0.2, 0) is 13.1 Å². The van der Waals surface area contributed by atoms with Gasteiger partial charge in [0.15, 0.2) is 23.0 Å². The Morgan fingerprint density at radius 1 is 0.217 bits per heavy atom. The van der Waals surface area contributed by atoms with E-state index in [9.17, 15) is 0 Å². The second-order valence-corrected chi connectivity index (χ2v) is 32.6. The van der Waals surface area contributed by atoms with Crippen molar-refractivity contribution in [2.45, 2.75) is 351 Å². The lowest BCUT2D eigenvalue weighted by atomic mass is 9.77. The fraction of sp³-hybridized carbons (Fsp3) is 0.625. The van der Waals surface area contributed by atoms with Crippen molar-refractivity contribution in [1.29, 1.82) is 0 Å². The first kappa shape index (κ1) is 80.3. The summed E-state index contributed by atoms with van der Waals surface area (Å²) < 4.78 is 31.0. The number of nitrogens with zero attached hydrogens (tertiary/aromatic N) is 2. The number of pyridine rings is 2. The van der Waals surface area contributed by atoms with Crippen LogP contribution < -0.4 is 41.2 Å². The van der Waals surface area contributed by atoms with Gasteiger partial charge in [-0.1, -0.05) is 287 Å². The quantitative estimate of drug-likeness (QED) is 0.0210. The van der Waals surface area contributed by atoms with Crippen molar-refractivity contribution in [3.05, 3.63) is 89.9 Å². The van der Waals surface area contributed by atoms with Crippen molar-refractivity contribution < 1.29 is 18.9 Å². The summed E-state index contributed by atoms with van der Waals surface area (Å²) >= 11 is 0. The van der Waals surface area contributed by atoms with E-state index in [1.807, 2.05) is 0 Å². The molecule has 9 aromatic carbocycles. The Labute approximate surface area is 634 Å². The highest BCUT2D eigenvalue weighted by atomic mass is 16.5. The summed E-state index contributed by atoms with van der Waals surface area (Å²) in [6, 6.07) is 17.2. The molecule has 2 atom stereocenters. The van der Waals surface area contributed by atoms with Crippen molar-refractivity contribution in [2.75, 3.05) is 26.4 Å². The molecule has 2 heterocycles. The predicted octanol–water partition coefficient (Wildman–Crippen LogP) is 27.5. The van der Waals surface area contributed by atoms with Gasteiger partial charge in [0, 0.05) is 56.2 Å². The number of hydrogen-bond donors (Lipinski definition) is 0. The number of fused-ring (bicyclic) bond motifs is 6.